The van der Waals surface area contributed by atoms with Crippen molar-refractivity contribution in [2.75, 3.05) is 5.32 Å². The van der Waals surface area contributed by atoms with Gasteiger partial charge in [0.05, 0.1) is 23.5 Å². The molecule has 3 heterocycles. The highest BCUT2D eigenvalue weighted by atomic mass is 19.4. The average Bonchev–Trinajstić information content (AvgIpc) is 3.49. The van der Waals surface area contributed by atoms with Crippen molar-refractivity contribution in [3.8, 4) is 11.8 Å². The summed E-state index contributed by atoms with van der Waals surface area (Å²) in [6, 6.07) is 4.55. The molecular formula is C24H19F4N7O4. The van der Waals surface area contributed by atoms with Crippen LogP contribution in [0.1, 0.15) is 50.5 Å². The summed E-state index contributed by atoms with van der Waals surface area (Å²) < 4.78 is 65.7. The number of amides is 1. The zero-order valence-electron chi connectivity index (χ0n) is 20.5. The van der Waals surface area contributed by atoms with Gasteiger partial charge < -0.3 is 14.9 Å². The van der Waals surface area contributed by atoms with Crippen molar-refractivity contribution in [1.82, 2.24) is 24.5 Å². The smallest absolute Gasteiger partial charge is 0.399 e. The van der Waals surface area contributed by atoms with Crippen LogP contribution in [-0.2, 0) is 14.1 Å². The number of halogens is 4. The van der Waals surface area contributed by atoms with E-state index in [4.69, 9.17) is 0 Å². The third-order valence-electron chi connectivity index (χ3n) is 6.03. The largest absolute Gasteiger partial charge is 0.501 e. The van der Waals surface area contributed by atoms with Gasteiger partial charge in [0.1, 0.15) is 29.5 Å². The molecule has 2 atom stereocenters. The van der Waals surface area contributed by atoms with Crippen molar-refractivity contribution in [2.24, 2.45) is 14.1 Å². The number of carbonyl (C=O) groups excluding carboxylic acids is 1. The minimum absolute atomic E-state index is 0.0157. The number of hydrogen-bond acceptors (Lipinski definition) is 8. The molecule has 0 aliphatic heterocycles. The Morgan fingerprint density at radius 1 is 1.26 bits per heavy atom. The molecule has 11 nitrogen and oxygen atoms in total. The number of alkyl halides is 3. The molecule has 0 aliphatic rings. The number of nitrogens with one attached hydrogen (secondary N) is 1. The molecule has 2 unspecified atom stereocenters. The van der Waals surface area contributed by atoms with E-state index in [1.54, 1.807) is 6.07 Å². The van der Waals surface area contributed by atoms with Crippen molar-refractivity contribution in [2.45, 2.75) is 24.9 Å². The van der Waals surface area contributed by atoms with Crippen molar-refractivity contribution in [3.05, 3.63) is 86.9 Å². The molecule has 0 spiro atoms. The van der Waals surface area contributed by atoms with Gasteiger partial charge in [-0.1, -0.05) is 5.16 Å². The molecule has 15 heteroatoms. The Morgan fingerprint density at radius 3 is 2.54 bits per heavy atom. The monoisotopic (exact) mass is 545 g/mol. The van der Waals surface area contributed by atoms with Crippen LogP contribution in [-0.4, -0.2) is 41.7 Å². The Morgan fingerprint density at radius 2 is 1.97 bits per heavy atom. The van der Waals surface area contributed by atoms with E-state index in [9.17, 15) is 24.3 Å². The Kier molecular flexibility index (Phi) is 6.97. The Balaban J connectivity index is 2.03. The SMILES string of the molecule is Cc1nn(C)cc1C(c1cc(F)ccc1C#N)C(c1nc(C(=O)Nc2cnoc2)c(O)c(=O)n1C)C(F)(F)F. The fraction of sp³-hybridized carbons (Fsp3) is 0.250. The summed E-state index contributed by atoms with van der Waals surface area (Å²) in [7, 11) is 2.41. The summed E-state index contributed by atoms with van der Waals surface area (Å²) in [5, 5.41) is 29.7. The number of nitriles is 1. The second kappa shape index (κ2) is 10.0. The van der Waals surface area contributed by atoms with Crippen LogP contribution in [0.3, 0.4) is 0 Å². The standard InChI is InChI=1S/C24H19F4N7O4/c1-11-16(9-34(2)33-11)17(15-6-13(25)5-4-12(15)7-29)18(24(26,27)28)21-32-19(20(36)23(38)35(21)3)22(37)31-14-8-30-39-10-14/h4-6,8-10,17-18,36H,1-3H3,(H,31,37). The van der Waals surface area contributed by atoms with Crippen LogP contribution in [0.15, 0.2) is 46.2 Å². The first-order valence-corrected chi connectivity index (χ1v) is 11.1. The van der Waals surface area contributed by atoms with Gasteiger partial charge in [-0.15, -0.1) is 0 Å². The van der Waals surface area contributed by atoms with Gasteiger partial charge in [0.2, 0.25) is 5.75 Å². The van der Waals surface area contributed by atoms with Crippen molar-refractivity contribution in [3.63, 3.8) is 0 Å². The van der Waals surface area contributed by atoms with Gasteiger partial charge in [0.25, 0.3) is 11.5 Å². The van der Waals surface area contributed by atoms with E-state index in [1.807, 2.05) is 0 Å². The highest BCUT2D eigenvalue weighted by Gasteiger charge is 2.51. The number of rotatable bonds is 6. The Hall–Kier alpha value is -5.00. The Labute approximate surface area is 216 Å². The lowest BCUT2D eigenvalue weighted by Crippen LogP contribution is -2.36. The second-order valence-corrected chi connectivity index (χ2v) is 8.58. The number of nitrogens with zero attached hydrogens (tertiary/aromatic N) is 6. The molecule has 0 bridgehead atoms. The maximum Gasteiger partial charge on any atom is 0.399 e. The van der Waals surface area contributed by atoms with E-state index in [-0.39, 0.29) is 28.1 Å². The minimum Gasteiger partial charge on any atom is -0.501 e. The number of carbonyl (C=O) groups is 1. The van der Waals surface area contributed by atoms with E-state index in [0.29, 0.717) is 4.57 Å². The van der Waals surface area contributed by atoms with E-state index >= 15 is 13.2 Å². The quantitative estimate of drug-likeness (QED) is 0.350. The molecule has 0 saturated carbocycles. The molecule has 4 aromatic rings. The second-order valence-electron chi connectivity index (χ2n) is 8.58. The average molecular weight is 545 g/mol. The fourth-order valence-corrected chi connectivity index (χ4v) is 4.33. The number of anilines is 1. The molecule has 202 valence electrons. The van der Waals surface area contributed by atoms with Gasteiger partial charge in [0.15, 0.2) is 5.69 Å². The zero-order valence-corrected chi connectivity index (χ0v) is 20.5. The van der Waals surface area contributed by atoms with Crippen molar-refractivity contribution < 1.29 is 32.0 Å². The maximum absolute atomic E-state index is 15.0. The summed E-state index contributed by atoms with van der Waals surface area (Å²) in [5.74, 6) is -8.82. The van der Waals surface area contributed by atoms with Gasteiger partial charge in [-0.2, -0.15) is 23.5 Å². The van der Waals surface area contributed by atoms with E-state index < -0.39 is 52.6 Å². The maximum atomic E-state index is 15.0. The predicted molar refractivity (Wildman–Crippen MR) is 125 cm³/mol. The van der Waals surface area contributed by atoms with Crippen LogP contribution in [0.4, 0.5) is 23.2 Å². The number of aryl methyl sites for hydroxylation is 2. The molecule has 4 rings (SSSR count). The molecule has 39 heavy (non-hydrogen) atoms. The molecule has 0 radical (unpaired) electrons. The third kappa shape index (κ3) is 5.08. The third-order valence-corrected chi connectivity index (χ3v) is 6.03. The molecule has 0 fully saturated rings. The van der Waals surface area contributed by atoms with Crippen LogP contribution in [0, 0.1) is 24.1 Å². The van der Waals surface area contributed by atoms with Gasteiger partial charge in [-0.05, 0) is 30.7 Å². The highest BCUT2D eigenvalue weighted by molar-refractivity contribution is 6.04. The van der Waals surface area contributed by atoms with Crippen LogP contribution >= 0.6 is 0 Å². The molecule has 0 saturated heterocycles. The molecule has 2 N–H and O–H groups in total. The van der Waals surface area contributed by atoms with Crippen LogP contribution < -0.4 is 10.9 Å². The number of hydrogen-bond donors (Lipinski definition) is 2. The first-order valence-electron chi connectivity index (χ1n) is 11.1. The lowest BCUT2D eigenvalue weighted by Gasteiger charge is -2.31. The van der Waals surface area contributed by atoms with Gasteiger partial charge in [0, 0.05) is 31.8 Å². The molecular weight excluding hydrogens is 526 g/mol. The fourth-order valence-electron chi connectivity index (χ4n) is 4.33. The van der Waals surface area contributed by atoms with E-state index in [0.717, 1.165) is 37.7 Å². The highest BCUT2D eigenvalue weighted by Crippen LogP contribution is 2.49. The molecule has 1 amide bonds. The van der Waals surface area contributed by atoms with E-state index in [1.165, 1.54) is 24.9 Å². The normalized spacial score (nSPS) is 13.1. The zero-order chi connectivity index (χ0) is 28.6. The van der Waals surface area contributed by atoms with Crippen LogP contribution in [0.2, 0.25) is 0 Å². The van der Waals surface area contributed by atoms with Crippen LogP contribution in [0.5, 0.6) is 5.75 Å². The van der Waals surface area contributed by atoms with Crippen molar-refractivity contribution in [1.29, 1.82) is 5.26 Å². The first kappa shape index (κ1) is 27.0. The summed E-state index contributed by atoms with van der Waals surface area (Å²) in [6.45, 7) is 1.43. The number of benzene rings is 1. The predicted octanol–water partition coefficient (Wildman–Crippen LogP) is 3.26. The van der Waals surface area contributed by atoms with Gasteiger partial charge >= 0.3 is 6.18 Å². The van der Waals surface area contributed by atoms with E-state index in [2.05, 4.69) is 25.1 Å². The number of aromatic nitrogens is 5. The lowest BCUT2D eigenvalue weighted by molar-refractivity contribution is -0.156. The summed E-state index contributed by atoms with van der Waals surface area (Å²) >= 11 is 0. The summed E-state index contributed by atoms with van der Waals surface area (Å²) in [4.78, 5) is 29.4. The molecule has 1 aromatic carbocycles. The molecule has 0 aliphatic carbocycles. The topological polar surface area (TPSA) is 152 Å². The van der Waals surface area contributed by atoms with Gasteiger partial charge in [-0.3, -0.25) is 18.8 Å². The lowest BCUT2D eigenvalue weighted by atomic mass is 9.78. The minimum atomic E-state index is -5.16. The first-order chi connectivity index (χ1) is 18.3. The van der Waals surface area contributed by atoms with Crippen molar-refractivity contribution >= 4 is 11.6 Å². The Bertz CT molecular complexity index is 1650. The summed E-state index contributed by atoms with van der Waals surface area (Å²) in [6.07, 6.45) is -1.81. The van der Waals surface area contributed by atoms with Crippen LogP contribution in [0.25, 0.3) is 0 Å². The molecule has 3 aromatic heterocycles. The number of aromatic hydroxyl groups is 1. The summed E-state index contributed by atoms with van der Waals surface area (Å²) in [5.41, 5.74) is -2.84. The van der Waals surface area contributed by atoms with Gasteiger partial charge in [-0.25, -0.2) is 9.37 Å².